The maximum absolute atomic E-state index is 9.36. The highest BCUT2D eigenvalue weighted by molar-refractivity contribution is 4.54. The SMILES string of the molecule is CCC(O)N(C)CCCCCO. The van der Waals surface area contributed by atoms with Crippen LogP contribution in [0.2, 0.25) is 0 Å². The Hall–Kier alpha value is -0.120. The predicted octanol–water partition coefficient (Wildman–Crippen LogP) is 0.809. The molecule has 0 aliphatic rings. The summed E-state index contributed by atoms with van der Waals surface area (Å²) in [5.74, 6) is 0. The zero-order valence-corrected chi connectivity index (χ0v) is 8.16. The lowest BCUT2D eigenvalue weighted by molar-refractivity contribution is 0.0185. The Morgan fingerprint density at radius 1 is 1.25 bits per heavy atom. The van der Waals surface area contributed by atoms with Crippen molar-refractivity contribution in [2.45, 2.75) is 38.8 Å². The molecule has 0 saturated carbocycles. The van der Waals surface area contributed by atoms with Crippen molar-refractivity contribution < 1.29 is 10.2 Å². The van der Waals surface area contributed by atoms with Crippen LogP contribution < -0.4 is 0 Å². The zero-order valence-electron chi connectivity index (χ0n) is 8.16. The monoisotopic (exact) mass is 175 g/mol. The quantitative estimate of drug-likeness (QED) is 0.444. The Morgan fingerprint density at radius 2 is 1.92 bits per heavy atom. The Kier molecular flexibility index (Phi) is 7.45. The number of rotatable bonds is 7. The smallest absolute Gasteiger partial charge is 0.106 e. The molecule has 0 aromatic carbocycles. The molecule has 0 saturated heterocycles. The lowest BCUT2D eigenvalue weighted by Crippen LogP contribution is -2.31. The number of aliphatic hydroxyl groups excluding tert-OH is 2. The second kappa shape index (κ2) is 7.53. The van der Waals surface area contributed by atoms with E-state index in [2.05, 4.69) is 0 Å². The number of hydrogen-bond acceptors (Lipinski definition) is 3. The normalized spacial score (nSPS) is 13.8. The molecule has 0 amide bonds. The number of unbranched alkanes of at least 4 members (excludes halogenated alkanes) is 2. The van der Waals surface area contributed by atoms with E-state index in [4.69, 9.17) is 5.11 Å². The van der Waals surface area contributed by atoms with Gasteiger partial charge in [-0.15, -0.1) is 0 Å². The van der Waals surface area contributed by atoms with Crippen LogP contribution in [0.1, 0.15) is 32.6 Å². The fourth-order valence-electron chi connectivity index (χ4n) is 1.11. The van der Waals surface area contributed by atoms with Crippen LogP contribution in [0.3, 0.4) is 0 Å². The van der Waals surface area contributed by atoms with Crippen molar-refractivity contribution in [1.82, 2.24) is 4.90 Å². The maximum atomic E-state index is 9.36. The summed E-state index contributed by atoms with van der Waals surface area (Å²) in [5, 5.41) is 17.9. The van der Waals surface area contributed by atoms with Crippen molar-refractivity contribution in [3.05, 3.63) is 0 Å². The van der Waals surface area contributed by atoms with E-state index >= 15 is 0 Å². The standard InChI is InChI=1S/C9H21NO2/c1-3-9(12)10(2)7-5-4-6-8-11/h9,11-12H,3-8H2,1-2H3. The third kappa shape index (κ3) is 5.52. The summed E-state index contributed by atoms with van der Waals surface area (Å²) >= 11 is 0. The van der Waals surface area contributed by atoms with E-state index in [-0.39, 0.29) is 12.8 Å². The first-order valence-electron chi connectivity index (χ1n) is 4.71. The van der Waals surface area contributed by atoms with Gasteiger partial charge >= 0.3 is 0 Å². The Balaban J connectivity index is 3.24. The van der Waals surface area contributed by atoms with Gasteiger partial charge in [0.25, 0.3) is 0 Å². The molecule has 0 radical (unpaired) electrons. The minimum atomic E-state index is -0.306. The van der Waals surface area contributed by atoms with Gasteiger partial charge in [0.15, 0.2) is 0 Å². The Bertz CT molecular complexity index is 98.5. The molecule has 74 valence electrons. The minimum absolute atomic E-state index is 0.278. The van der Waals surface area contributed by atoms with Gasteiger partial charge in [-0.25, -0.2) is 0 Å². The molecule has 0 fully saturated rings. The minimum Gasteiger partial charge on any atom is -0.396 e. The molecule has 0 bridgehead atoms. The van der Waals surface area contributed by atoms with Gasteiger partial charge < -0.3 is 10.2 Å². The molecule has 1 atom stereocenters. The van der Waals surface area contributed by atoms with Gasteiger partial charge in [0.2, 0.25) is 0 Å². The molecule has 0 rings (SSSR count). The molecule has 3 nitrogen and oxygen atoms in total. The molecule has 0 aliphatic heterocycles. The summed E-state index contributed by atoms with van der Waals surface area (Å²) in [6.45, 7) is 3.16. The predicted molar refractivity (Wildman–Crippen MR) is 49.9 cm³/mol. The van der Waals surface area contributed by atoms with E-state index in [1.807, 2.05) is 18.9 Å². The van der Waals surface area contributed by atoms with Crippen molar-refractivity contribution in [3.63, 3.8) is 0 Å². The molecular weight excluding hydrogens is 154 g/mol. The third-order valence-corrected chi connectivity index (χ3v) is 2.04. The third-order valence-electron chi connectivity index (χ3n) is 2.04. The number of hydrogen-bond donors (Lipinski definition) is 2. The summed E-state index contributed by atoms with van der Waals surface area (Å²) < 4.78 is 0. The van der Waals surface area contributed by atoms with E-state index in [9.17, 15) is 5.11 Å². The van der Waals surface area contributed by atoms with Gasteiger partial charge in [0, 0.05) is 13.2 Å². The highest BCUT2D eigenvalue weighted by Crippen LogP contribution is 2.01. The first kappa shape index (κ1) is 11.9. The first-order valence-corrected chi connectivity index (χ1v) is 4.71. The van der Waals surface area contributed by atoms with Crippen LogP contribution in [-0.4, -0.2) is 41.5 Å². The Morgan fingerprint density at radius 3 is 2.42 bits per heavy atom. The van der Waals surface area contributed by atoms with E-state index in [1.54, 1.807) is 0 Å². The van der Waals surface area contributed by atoms with E-state index in [0.717, 1.165) is 32.2 Å². The topological polar surface area (TPSA) is 43.7 Å². The summed E-state index contributed by atoms with van der Waals surface area (Å²) in [6, 6.07) is 0. The van der Waals surface area contributed by atoms with Crippen molar-refractivity contribution in [3.8, 4) is 0 Å². The number of nitrogens with zero attached hydrogens (tertiary/aromatic N) is 1. The molecule has 2 N–H and O–H groups in total. The van der Waals surface area contributed by atoms with E-state index in [1.165, 1.54) is 0 Å². The zero-order chi connectivity index (χ0) is 9.40. The van der Waals surface area contributed by atoms with Crippen molar-refractivity contribution in [2.75, 3.05) is 20.2 Å². The van der Waals surface area contributed by atoms with Crippen LogP contribution in [0.5, 0.6) is 0 Å². The van der Waals surface area contributed by atoms with E-state index in [0.29, 0.717) is 0 Å². The van der Waals surface area contributed by atoms with Crippen LogP contribution in [0.25, 0.3) is 0 Å². The molecule has 1 unspecified atom stereocenters. The van der Waals surface area contributed by atoms with Crippen molar-refractivity contribution in [1.29, 1.82) is 0 Å². The van der Waals surface area contributed by atoms with Crippen LogP contribution in [-0.2, 0) is 0 Å². The largest absolute Gasteiger partial charge is 0.396 e. The molecule has 0 aromatic heterocycles. The summed E-state index contributed by atoms with van der Waals surface area (Å²) in [4.78, 5) is 1.94. The lowest BCUT2D eigenvalue weighted by atomic mass is 10.2. The highest BCUT2D eigenvalue weighted by atomic mass is 16.3. The molecule has 0 spiro atoms. The second-order valence-corrected chi connectivity index (χ2v) is 3.15. The van der Waals surface area contributed by atoms with Gasteiger partial charge in [0.05, 0.1) is 0 Å². The van der Waals surface area contributed by atoms with E-state index < -0.39 is 0 Å². The molecule has 3 heteroatoms. The molecule has 0 aliphatic carbocycles. The van der Waals surface area contributed by atoms with Crippen LogP contribution in [0, 0.1) is 0 Å². The lowest BCUT2D eigenvalue weighted by Gasteiger charge is -2.21. The van der Waals surface area contributed by atoms with Crippen molar-refractivity contribution in [2.24, 2.45) is 0 Å². The maximum Gasteiger partial charge on any atom is 0.106 e. The van der Waals surface area contributed by atoms with Gasteiger partial charge in [-0.1, -0.05) is 6.92 Å². The number of aliphatic hydroxyl groups is 2. The summed E-state index contributed by atoms with van der Waals surface area (Å²) in [5.41, 5.74) is 0. The molecule has 12 heavy (non-hydrogen) atoms. The summed E-state index contributed by atoms with van der Waals surface area (Å²) in [7, 11) is 1.92. The molecular formula is C9H21NO2. The second-order valence-electron chi connectivity index (χ2n) is 3.15. The van der Waals surface area contributed by atoms with Crippen LogP contribution >= 0.6 is 0 Å². The van der Waals surface area contributed by atoms with Gasteiger partial charge in [0.1, 0.15) is 6.23 Å². The van der Waals surface area contributed by atoms with Gasteiger partial charge in [-0.2, -0.15) is 0 Å². The van der Waals surface area contributed by atoms with Crippen LogP contribution in [0.4, 0.5) is 0 Å². The fourth-order valence-corrected chi connectivity index (χ4v) is 1.11. The average Bonchev–Trinajstić information content (AvgIpc) is 2.10. The van der Waals surface area contributed by atoms with Gasteiger partial charge in [-0.05, 0) is 32.7 Å². The average molecular weight is 175 g/mol. The highest BCUT2D eigenvalue weighted by Gasteiger charge is 2.06. The first-order chi connectivity index (χ1) is 5.72. The van der Waals surface area contributed by atoms with Crippen LogP contribution in [0.15, 0.2) is 0 Å². The fraction of sp³-hybridized carbons (Fsp3) is 1.00. The molecule has 0 aromatic rings. The summed E-state index contributed by atoms with van der Waals surface area (Å²) in [6.07, 6.45) is 3.43. The Labute approximate surface area is 75.0 Å². The molecule has 0 heterocycles. The van der Waals surface area contributed by atoms with Gasteiger partial charge in [-0.3, -0.25) is 4.90 Å². The van der Waals surface area contributed by atoms with Crippen molar-refractivity contribution >= 4 is 0 Å².